The van der Waals surface area contributed by atoms with Gasteiger partial charge in [-0.3, -0.25) is 14.3 Å². The molecule has 1 aromatic rings. The average Bonchev–Trinajstić information content (AvgIpc) is 3.02. The Labute approximate surface area is 154 Å². The van der Waals surface area contributed by atoms with Crippen LogP contribution in [0.25, 0.3) is 0 Å². The minimum Gasteiger partial charge on any atom is -0.370 e. The van der Waals surface area contributed by atoms with Gasteiger partial charge in [-0.2, -0.15) is 0 Å². The van der Waals surface area contributed by atoms with Gasteiger partial charge in [0.1, 0.15) is 11.7 Å². The van der Waals surface area contributed by atoms with Crippen molar-refractivity contribution < 1.29 is 9.47 Å². The SMILES string of the molecule is CCC(C)(C)C[C@]12COC(C(n3cc(C)c(=O)[nH]c3=O)O1)C2C(C)(C)C. The van der Waals surface area contributed by atoms with E-state index in [4.69, 9.17) is 9.47 Å². The predicted molar refractivity (Wildman–Crippen MR) is 100 cm³/mol. The predicted octanol–water partition coefficient (Wildman–Crippen LogP) is 3.00. The van der Waals surface area contributed by atoms with Crippen LogP contribution in [0, 0.1) is 23.7 Å². The monoisotopic (exact) mass is 364 g/mol. The van der Waals surface area contributed by atoms with Crippen molar-refractivity contribution in [2.45, 2.75) is 79.2 Å². The summed E-state index contributed by atoms with van der Waals surface area (Å²) in [6.45, 7) is 15.6. The molecule has 2 aliphatic rings. The molecule has 1 N–H and O–H groups in total. The molecule has 0 amide bonds. The van der Waals surface area contributed by atoms with Gasteiger partial charge in [-0.15, -0.1) is 0 Å². The van der Waals surface area contributed by atoms with Crippen LogP contribution in [-0.2, 0) is 9.47 Å². The maximum atomic E-state index is 12.4. The van der Waals surface area contributed by atoms with Gasteiger partial charge in [-0.1, -0.05) is 48.0 Å². The van der Waals surface area contributed by atoms with Crippen LogP contribution in [0.1, 0.15) is 66.2 Å². The average molecular weight is 364 g/mol. The first-order valence-electron chi connectivity index (χ1n) is 9.52. The summed E-state index contributed by atoms with van der Waals surface area (Å²) in [7, 11) is 0. The van der Waals surface area contributed by atoms with Crippen LogP contribution >= 0.6 is 0 Å². The third-order valence-corrected chi connectivity index (χ3v) is 6.14. The van der Waals surface area contributed by atoms with Gasteiger partial charge < -0.3 is 9.47 Å². The molecule has 2 aliphatic heterocycles. The number of aryl methyl sites for hydroxylation is 1. The molecule has 3 rings (SSSR count). The number of hydrogen-bond acceptors (Lipinski definition) is 4. The number of aromatic amines is 1. The molecule has 2 bridgehead atoms. The second-order valence-corrected chi connectivity index (χ2v) is 9.87. The van der Waals surface area contributed by atoms with Gasteiger partial charge in [-0.25, -0.2) is 4.79 Å². The Morgan fingerprint density at radius 2 is 1.92 bits per heavy atom. The topological polar surface area (TPSA) is 73.3 Å². The molecule has 4 atom stereocenters. The molecule has 3 heterocycles. The summed E-state index contributed by atoms with van der Waals surface area (Å²) in [6, 6.07) is 0. The summed E-state index contributed by atoms with van der Waals surface area (Å²) in [6.07, 6.45) is 2.80. The molecule has 0 radical (unpaired) electrons. The molecule has 3 unspecified atom stereocenters. The van der Waals surface area contributed by atoms with E-state index in [-0.39, 0.29) is 28.4 Å². The van der Waals surface area contributed by atoms with Crippen molar-refractivity contribution in [1.29, 1.82) is 0 Å². The summed E-state index contributed by atoms with van der Waals surface area (Å²) in [5.74, 6) is 0.171. The molecule has 6 nitrogen and oxygen atoms in total. The normalized spacial score (nSPS) is 31.6. The van der Waals surface area contributed by atoms with E-state index in [9.17, 15) is 9.59 Å². The van der Waals surface area contributed by atoms with E-state index in [0.717, 1.165) is 12.8 Å². The van der Waals surface area contributed by atoms with Crippen molar-refractivity contribution >= 4 is 0 Å². The lowest BCUT2D eigenvalue weighted by Gasteiger charge is -2.41. The molecule has 0 saturated carbocycles. The third-order valence-electron chi connectivity index (χ3n) is 6.14. The smallest absolute Gasteiger partial charge is 0.330 e. The standard InChI is InChI=1S/C20H32N2O4/c1-8-19(6,7)10-20-11-25-13(14(20)18(3,4)5)16(26-20)22-9-12(2)15(23)21-17(22)24/h9,13-14,16H,8,10-11H2,1-7H3,(H,21,23,24)/t13?,14?,16?,20-/m1/s1. The number of aromatic nitrogens is 2. The molecule has 6 heteroatoms. The Hall–Kier alpha value is -1.40. The Bertz CT molecular complexity index is 801. The van der Waals surface area contributed by atoms with Crippen LogP contribution in [0.4, 0.5) is 0 Å². The Balaban J connectivity index is 2.07. The van der Waals surface area contributed by atoms with Crippen molar-refractivity contribution in [2.24, 2.45) is 16.7 Å². The minimum absolute atomic E-state index is 0.0272. The van der Waals surface area contributed by atoms with E-state index in [1.54, 1.807) is 13.1 Å². The van der Waals surface area contributed by atoms with E-state index < -0.39 is 17.5 Å². The fourth-order valence-corrected chi connectivity index (χ4v) is 4.79. The number of nitrogens with zero attached hydrogens (tertiary/aromatic N) is 1. The van der Waals surface area contributed by atoms with Gasteiger partial charge in [0.25, 0.3) is 5.56 Å². The molecule has 2 saturated heterocycles. The number of ether oxygens (including phenoxy) is 2. The zero-order valence-electron chi connectivity index (χ0n) is 17.0. The van der Waals surface area contributed by atoms with Crippen molar-refractivity contribution in [3.63, 3.8) is 0 Å². The first-order chi connectivity index (χ1) is 11.9. The summed E-state index contributed by atoms with van der Waals surface area (Å²) < 4.78 is 14.3. The molecule has 146 valence electrons. The lowest BCUT2D eigenvalue weighted by molar-refractivity contribution is -0.185. The zero-order chi connectivity index (χ0) is 19.5. The lowest BCUT2D eigenvalue weighted by Crippen LogP contribution is -2.46. The van der Waals surface area contributed by atoms with Crippen molar-refractivity contribution in [3.8, 4) is 0 Å². The molecular formula is C20H32N2O4. The number of fused-ring (bicyclic) bond motifs is 2. The molecule has 2 fully saturated rings. The zero-order valence-corrected chi connectivity index (χ0v) is 17.0. The fourth-order valence-electron chi connectivity index (χ4n) is 4.79. The van der Waals surface area contributed by atoms with Crippen LogP contribution in [-0.4, -0.2) is 27.9 Å². The lowest BCUT2D eigenvalue weighted by atomic mass is 9.65. The number of hydrogen-bond donors (Lipinski definition) is 1. The minimum atomic E-state index is -0.510. The summed E-state index contributed by atoms with van der Waals surface area (Å²) in [5, 5.41) is 0. The quantitative estimate of drug-likeness (QED) is 0.891. The van der Waals surface area contributed by atoms with Gasteiger partial charge in [0.05, 0.1) is 6.61 Å². The van der Waals surface area contributed by atoms with E-state index >= 15 is 0 Å². The van der Waals surface area contributed by atoms with E-state index in [1.807, 2.05) is 0 Å². The molecule has 0 aromatic carbocycles. The van der Waals surface area contributed by atoms with E-state index in [1.165, 1.54) is 4.57 Å². The van der Waals surface area contributed by atoms with Crippen LogP contribution < -0.4 is 11.2 Å². The summed E-state index contributed by atoms with van der Waals surface area (Å²) in [5.41, 5.74) is -0.644. The van der Waals surface area contributed by atoms with Gasteiger partial charge in [0.15, 0.2) is 6.23 Å². The van der Waals surface area contributed by atoms with Crippen molar-refractivity contribution in [1.82, 2.24) is 9.55 Å². The van der Waals surface area contributed by atoms with Crippen LogP contribution in [0.2, 0.25) is 0 Å². The Morgan fingerprint density at radius 3 is 2.50 bits per heavy atom. The maximum Gasteiger partial charge on any atom is 0.330 e. The van der Waals surface area contributed by atoms with Gasteiger partial charge in [-0.05, 0) is 24.2 Å². The van der Waals surface area contributed by atoms with Gasteiger partial charge >= 0.3 is 5.69 Å². The van der Waals surface area contributed by atoms with Gasteiger partial charge in [0, 0.05) is 17.7 Å². The Kier molecular flexibility index (Phi) is 4.51. The summed E-state index contributed by atoms with van der Waals surface area (Å²) in [4.78, 5) is 26.6. The first-order valence-corrected chi connectivity index (χ1v) is 9.52. The highest BCUT2D eigenvalue weighted by atomic mass is 16.6. The summed E-state index contributed by atoms with van der Waals surface area (Å²) >= 11 is 0. The molecule has 26 heavy (non-hydrogen) atoms. The van der Waals surface area contributed by atoms with E-state index in [0.29, 0.717) is 12.2 Å². The van der Waals surface area contributed by atoms with Crippen molar-refractivity contribution in [3.05, 3.63) is 32.6 Å². The molecule has 1 aromatic heterocycles. The van der Waals surface area contributed by atoms with Gasteiger partial charge in [0.2, 0.25) is 0 Å². The highest BCUT2D eigenvalue weighted by Gasteiger charge is 2.65. The Morgan fingerprint density at radius 1 is 1.27 bits per heavy atom. The van der Waals surface area contributed by atoms with Crippen molar-refractivity contribution in [2.75, 3.05) is 6.61 Å². The third kappa shape index (κ3) is 3.07. The number of rotatable bonds is 4. The number of H-pyrrole nitrogens is 1. The number of nitrogens with one attached hydrogen (secondary N) is 1. The highest BCUT2D eigenvalue weighted by Crippen LogP contribution is 2.59. The van der Waals surface area contributed by atoms with Crippen LogP contribution in [0.3, 0.4) is 0 Å². The first kappa shape index (κ1) is 19.4. The second kappa shape index (κ2) is 6.06. The van der Waals surface area contributed by atoms with Crippen LogP contribution in [0.5, 0.6) is 0 Å². The molecule has 0 aliphatic carbocycles. The maximum absolute atomic E-state index is 12.4. The largest absolute Gasteiger partial charge is 0.370 e. The molecular weight excluding hydrogens is 332 g/mol. The molecule has 0 spiro atoms. The van der Waals surface area contributed by atoms with E-state index in [2.05, 4.69) is 46.5 Å². The fraction of sp³-hybridized carbons (Fsp3) is 0.800. The highest BCUT2D eigenvalue weighted by molar-refractivity contribution is 5.12. The van der Waals surface area contributed by atoms with Crippen LogP contribution in [0.15, 0.2) is 15.8 Å². The second-order valence-electron chi connectivity index (χ2n) is 9.87.